The summed E-state index contributed by atoms with van der Waals surface area (Å²) in [7, 11) is 0. The summed E-state index contributed by atoms with van der Waals surface area (Å²) in [5, 5.41) is 8.56. The number of carbonyl (C=O) groups is 1. The molecule has 0 aliphatic rings. The molecule has 2 nitrogen and oxygen atoms in total. The predicted octanol–water partition coefficient (Wildman–Crippen LogP) is 6.44. The van der Waals surface area contributed by atoms with Gasteiger partial charge in [-0.1, -0.05) is 41.4 Å². The van der Waals surface area contributed by atoms with Gasteiger partial charge in [0.25, 0.3) is 0 Å². The van der Waals surface area contributed by atoms with E-state index in [1.165, 1.54) is 16.7 Å². The summed E-state index contributed by atoms with van der Waals surface area (Å²) < 4.78 is 0. The molecule has 0 rings (SSSR count). The topological polar surface area (TPSA) is 37.3 Å². The fourth-order valence-electron chi connectivity index (χ4n) is 2.28. The second-order valence-corrected chi connectivity index (χ2v) is 6.45. The minimum atomic E-state index is -0.682. The highest BCUT2D eigenvalue weighted by atomic mass is 16.4. The maximum atomic E-state index is 10.4. The molecule has 0 amide bonds. The number of allylic oxidation sites excluding steroid dienone is 6. The molecule has 0 aromatic heterocycles. The van der Waals surface area contributed by atoms with E-state index in [0.717, 1.165) is 51.4 Å². The molecule has 0 spiro atoms. The molecule has 22 heavy (non-hydrogen) atoms. The smallest absolute Gasteiger partial charge is 0.303 e. The van der Waals surface area contributed by atoms with Gasteiger partial charge in [-0.25, -0.2) is 0 Å². The molecule has 0 saturated heterocycles. The molecule has 0 radical (unpaired) electrons. The summed E-state index contributed by atoms with van der Waals surface area (Å²) in [5.41, 5.74) is 4.33. The van der Waals surface area contributed by atoms with E-state index in [0.29, 0.717) is 6.42 Å². The summed E-state index contributed by atoms with van der Waals surface area (Å²) in [5.74, 6) is -0.682. The average molecular weight is 306 g/mol. The van der Waals surface area contributed by atoms with Crippen molar-refractivity contribution in [3.8, 4) is 0 Å². The molecule has 0 heterocycles. The molecule has 126 valence electrons. The van der Waals surface area contributed by atoms with Crippen LogP contribution >= 0.6 is 0 Å². The number of carboxylic acid groups (broad SMARTS) is 1. The zero-order valence-electron chi connectivity index (χ0n) is 15.0. The fraction of sp³-hybridized carbons (Fsp3) is 0.650. The second-order valence-electron chi connectivity index (χ2n) is 6.45. The SMILES string of the molecule is CC(C)=CCC/C(C)=C/CC/C(C)=C/CCCCCC(=O)O. The van der Waals surface area contributed by atoms with Gasteiger partial charge >= 0.3 is 5.97 Å². The van der Waals surface area contributed by atoms with Crippen molar-refractivity contribution in [2.24, 2.45) is 0 Å². The average Bonchev–Trinajstić information content (AvgIpc) is 2.42. The minimum Gasteiger partial charge on any atom is -0.481 e. The fourth-order valence-corrected chi connectivity index (χ4v) is 2.28. The lowest BCUT2D eigenvalue weighted by Gasteiger charge is -2.02. The normalized spacial score (nSPS) is 12.4. The van der Waals surface area contributed by atoms with E-state index in [9.17, 15) is 4.79 Å². The molecule has 0 aromatic rings. The van der Waals surface area contributed by atoms with Crippen LogP contribution in [0.25, 0.3) is 0 Å². The molecule has 1 N–H and O–H groups in total. The Morgan fingerprint density at radius 1 is 0.727 bits per heavy atom. The van der Waals surface area contributed by atoms with E-state index < -0.39 is 5.97 Å². The molecule has 0 bridgehead atoms. The van der Waals surface area contributed by atoms with Crippen LogP contribution in [0.4, 0.5) is 0 Å². The standard InChI is InChI=1S/C20H34O2/c1-17(2)11-9-13-19(4)15-10-14-18(3)12-7-5-6-8-16-20(21)22/h11-12,15H,5-10,13-14,16H2,1-4H3,(H,21,22)/b18-12+,19-15+. The third kappa shape index (κ3) is 15.1. The van der Waals surface area contributed by atoms with Crippen molar-refractivity contribution in [2.45, 2.75) is 85.5 Å². The van der Waals surface area contributed by atoms with Gasteiger partial charge in [0.2, 0.25) is 0 Å². The van der Waals surface area contributed by atoms with E-state index in [2.05, 4.69) is 45.9 Å². The number of rotatable bonds is 12. The Balaban J connectivity index is 3.73. The number of hydrogen-bond donors (Lipinski definition) is 1. The van der Waals surface area contributed by atoms with Gasteiger partial charge in [-0.15, -0.1) is 0 Å². The van der Waals surface area contributed by atoms with Crippen LogP contribution in [-0.4, -0.2) is 11.1 Å². The van der Waals surface area contributed by atoms with Gasteiger partial charge in [0.1, 0.15) is 0 Å². The molecule has 0 aliphatic heterocycles. The van der Waals surface area contributed by atoms with Crippen LogP contribution in [0, 0.1) is 0 Å². The Kier molecular flexibility index (Phi) is 12.6. The molecular formula is C20H34O2. The third-order valence-electron chi connectivity index (χ3n) is 3.71. The van der Waals surface area contributed by atoms with Crippen molar-refractivity contribution in [1.82, 2.24) is 0 Å². The Morgan fingerprint density at radius 2 is 1.27 bits per heavy atom. The second kappa shape index (κ2) is 13.4. The lowest BCUT2D eigenvalue weighted by atomic mass is 10.0. The molecule has 0 unspecified atom stereocenters. The minimum absolute atomic E-state index is 0.305. The maximum Gasteiger partial charge on any atom is 0.303 e. The van der Waals surface area contributed by atoms with E-state index in [1.54, 1.807) is 0 Å². The number of unbranched alkanes of at least 4 members (excludes halogenated alkanes) is 3. The Hall–Kier alpha value is -1.31. The van der Waals surface area contributed by atoms with Gasteiger partial charge in [-0.2, -0.15) is 0 Å². The van der Waals surface area contributed by atoms with Crippen molar-refractivity contribution >= 4 is 5.97 Å². The summed E-state index contributed by atoms with van der Waals surface area (Å²) >= 11 is 0. The van der Waals surface area contributed by atoms with Gasteiger partial charge in [0.05, 0.1) is 0 Å². The van der Waals surface area contributed by atoms with Crippen molar-refractivity contribution in [1.29, 1.82) is 0 Å². The summed E-state index contributed by atoms with van der Waals surface area (Å²) in [4.78, 5) is 10.4. The van der Waals surface area contributed by atoms with Gasteiger partial charge in [0, 0.05) is 6.42 Å². The van der Waals surface area contributed by atoms with E-state index in [4.69, 9.17) is 5.11 Å². The monoisotopic (exact) mass is 306 g/mol. The van der Waals surface area contributed by atoms with Gasteiger partial charge in [0.15, 0.2) is 0 Å². The van der Waals surface area contributed by atoms with Crippen LogP contribution in [0.2, 0.25) is 0 Å². The summed E-state index contributed by atoms with van der Waals surface area (Å²) in [6.45, 7) is 8.72. The van der Waals surface area contributed by atoms with Crippen molar-refractivity contribution in [3.63, 3.8) is 0 Å². The Labute approximate surface area is 137 Å². The lowest BCUT2D eigenvalue weighted by Crippen LogP contribution is -1.93. The number of carboxylic acids is 1. The van der Waals surface area contributed by atoms with Crippen molar-refractivity contribution in [3.05, 3.63) is 34.9 Å². The molecule has 2 heteroatoms. The van der Waals surface area contributed by atoms with Crippen LogP contribution in [0.1, 0.15) is 85.5 Å². The predicted molar refractivity (Wildman–Crippen MR) is 96.1 cm³/mol. The highest BCUT2D eigenvalue weighted by Gasteiger charge is 1.96. The third-order valence-corrected chi connectivity index (χ3v) is 3.71. The van der Waals surface area contributed by atoms with Crippen LogP contribution < -0.4 is 0 Å². The highest BCUT2D eigenvalue weighted by molar-refractivity contribution is 5.66. The number of hydrogen-bond acceptors (Lipinski definition) is 1. The quantitative estimate of drug-likeness (QED) is 0.333. The maximum absolute atomic E-state index is 10.4. The van der Waals surface area contributed by atoms with Crippen molar-refractivity contribution < 1.29 is 9.90 Å². The van der Waals surface area contributed by atoms with Gasteiger partial charge in [-0.05, 0) is 72.6 Å². The molecule has 0 saturated carbocycles. The van der Waals surface area contributed by atoms with Crippen LogP contribution in [0.3, 0.4) is 0 Å². The van der Waals surface area contributed by atoms with Gasteiger partial charge in [-0.3, -0.25) is 4.79 Å². The van der Waals surface area contributed by atoms with Gasteiger partial charge < -0.3 is 5.11 Å². The van der Waals surface area contributed by atoms with Crippen LogP contribution in [0.5, 0.6) is 0 Å². The van der Waals surface area contributed by atoms with E-state index in [1.807, 2.05) is 0 Å². The first kappa shape index (κ1) is 20.7. The highest BCUT2D eigenvalue weighted by Crippen LogP contribution is 2.13. The zero-order chi connectivity index (χ0) is 16.8. The van der Waals surface area contributed by atoms with E-state index in [-0.39, 0.29) is 0 Å². The van der Waals surface area contributed by atoms with Crippen LogP contribution in [-0.2, 0) is 4.79 Å². The van der Waals surface area contributed by atoms with Crippen LogP contribution in [0.15, 0.2) is 34.9 Å². The molecule has 0 atom stereocenters. The Bertz CT molecular complexity index is 396. The molecule has 0 aliphatic carbocycles. The molecule has 0 fully saturated rings. The Morgan fingerprint density at radius 3 is 1.82 bits per heavy atom. The summed E-state index contributed by atoms with van der Waals surface area (Å²) in [6.07, 6.45) is 15.8. The zero-order valence-corrected chi connectivity index (χ0v) is 15.0. The molecule has 0 aromatic carbocycles. The molecular weight excluding hydrogens is 272 g/mol. The largest absolute Gasteiger partial charge is 0.481 e. The first-order valence-corrected chi connectivity index (χ1v) is 8.58. The lowest BCUT2D eigenvalue weighted by molar-refractivity contribution is -0.137. The van der Waals surface area contributed by atoms with Crippen molar-refractivity contribution in [2.75, 3.05) is 0 Å². The summed E-state index contributed by atoms with van der Waals surface area (Å²) in [6, 6.07) is 0. The van der Waals surface area contributed by atoms with E-state index >= 15 is 0 Å². The first-order valence-electron chi connectivity index (χ1n) is 8.58. The first-order chi connectivity index (χ1) is 10.4. The number of aliphatic carboxylic acids is 1.